The van der Waals surface area contributed by atoms with Gasteiger partial charge in [0, 0.05) is 25.9 Å². The van der Waals surface area contributed by atoms with E-state index >= 15 is 0 Å². The van der Waals surface area contributed by atoms with Gasteiger partial charge in [-0.25, -0.2) is 9.97 Å². The van der Waals surface area contributed by atoms with Gasteiger partial charge in [0.05, 0.1) is 10.6 Å². The summed E-state index contributed by atoms with van der Waals surface area (Å²) in [6.45, 7) is 4.64. The van der Waals surface area contributed by atoms with Crippen LogP contribution >= 0.6 is 15.9 Å². The quantitative estimate of drug-likeness (QED) is 0.822. The molecule has 1 aromatic heterocycles. The van der Waals surface area contributed by atoms with E-state index in [0.29, 0.717) is 6.10 Å². The fourth-order valence-electron chi connectivity index (χ4n) is 1.49. The largest absolute Gasteiger partial charge is 0.375 e. The zero-order chi connectivity index (χ0) is 9.97. The molecule has 1 aromatic rings. The number of nitrogens with zero attached hydrogens (tertiary/aromatic N) is 3. The van der Waals surface area contributed by atoms with Gasteiger partial charge in [-0.05, 0) is 22.9 Å². The second kappa shape index (κ2) is 4.23. The molecule has 0 N–H and O–H groups in total. The summed E-state index contributed by atoms with van der Waals surface area (Å²) in [7, 11) is 0. The Morgan fingerprint density at radius 2 is 2.43 bits per heavy atom. The molecule has 0 aromatic carbocycles. The number of halogens is 1. The zero-order valence-electron chi connectivity index (χ0n) is 7.98. The highest BCUT2D eigenvalue weighted by Gasteiger charge is 2.29. The second-order valence-electron chi connectivity index (χ2n) is 3.18. The first-order valence-electron chi connectivity index (χ1n) is 4.63. The van der Waals surface area contributed by atoms with Crippen molar-refractivity contribution >= 4 is 21.7 Å². The van der Waals surface area contributed by atoms with E-state index in [1.54, 1.807) is 12.5 Å². The van der Waals surface area contributed by atoms with Crippen molar-refractivity contribution < 1.29 is 4.74 Å². The van der Waals surface area contributed by atoms with Crippen LogP contribution in [-0.2, 0) is 4.74 Å². The standard InChI is InChI=1S/C9H12BrN3O/c1-2-14-7-4-13(5-7)9-8(10)3-11-6-12-9/h3,6-7H,2,4-5H2,1H3. The first-order chi connectivity index (χ1) is 6.81. The fraction of sp³-hybridized carbons (Fsp3) is 0.556. The molecule has 1 fully saturated rings. The van der Waals surface area contributed by atoms with Gasteiger partial charge < -0.3 is 9.64 Å². The van der Waals surface area contributed by atoms with Crippen LogP contribution in [0.25, 0.3) is 0 Å². The molecule has 0 aliphatic carbocycles. The highest BCUT2D eigenvalue weighted by molar-refractivity contribution is 9.10. The lowest BCUT2D eigenvalue weighted by atomic mass is 10.2. The van der Waals surface area contributed by atoms with E-state index in [4.69, 9.17) is 4.74 Å². The summed E-state index contributed by atoms with van der Waals surface area (Å²) in [6, 6.07) is 0. The van der Waals surface area contributed by atoms with E-state index in [2.05, 4.69) is 30.8 Å². The van der Waals surface area contributed by atoms with Crippen molar-refractivity contribution in [1.29, 1.82) is 0 Å². The Morgan fingerprint density at radius 1 is 1.64 bits per heavy atom. The van der Waals surface area contributed by atoms with Gasteiger partial charge in [0.15, 0.2) is 0 Å². The van der Waals surface area contributed by atoms with Gasteiger partial charge in [-0.1, -0.05) is 0 Å². The van der Waals surface area contributed by atoms with E-state index in [-0.39, 0.29) is 0 Å². The Bertz CT molecular complexity index is 315. The predicted octanol–water partition coefficient (Wildman–Crippen LogP) is 1.46. The Labute approximate surface area is 91.4 Å². The molecule has 4 nitrogen and oxygen atoms in total. The first kappa shape index (κ1) is 9.86. The van der Waals surface area contributed by atoms with Crippen molar-refractivity contribution in [1.82, 2.24) is 9.97 Å². The number of aromatic nitrogens is 2. The number of anilines is 1. The van der Waals surface area contributed by atoms with Crippen molar-refractivity contribution in [3.63, 3.8) is 0 Å². The van der Waals surface area contributed by atoms with Crippen molar-refractivity contribution in [3.8, 4) is 0 Å². The van der Waals surface area contributed by atoms with Crippen LogP contribution in [0, 0.1) is 0 Å². The second-order valence-corrected chi connectivity index (χ2v) is 4.03. The van der Waals surface area contributed by atoms with Crippen LogP contribution < -0.4 is 4.90 Å². The maximum absolute atomic E-state index is 5.47. The minimum atomic E-state index is 0.363. The van der Waals surface area contributed by atoms with Crippen LogP contribution in [-0.4, -0.2) is 35.8 Å². The molecule has 1 aliphatic heterocycles. The molecule has 0 bridgehead atoms. The minimum Gasteiger partial charge on any atom is -0.375 e. The third-order valence-electron chi connectivity index (χ3n) is 2.20. The molecule has 1 aliphatic rings. The molecular weight excluding hydrogens is 246 g/mol. The molecule has 0 atom stereocenters. The Kier molecular flexibility index (Phi) is 2.98. The summed E-state index contributed by atoms with van der Waals surface area (Å²) in [4.78, 5) is 10.3. The van der Waals surface area contributed by atoms with E-state index in [0.717, 1.165) is 30.0 Å². The maximum Gasteiger partial charge on any atom is 0.146 e. The van der Waals surface area contributed by atoms with Crippen LogP contribution in [0.5, 0.6) is 0 Å². The highest BCUT2D eigenvalue weighted by Crippen LogP contribution is 2.26. The molecule has 0 radical (unpaired) electrons. The summed E-state index contributed by atoms with van der Waals surface area (Å²) < 4.78 is 6.41. The molecule has 2 rings (SSSR count). The van der Waals surface area contributed by atoms with Crippen molar-refractivity contribution in [3.05, 3.63) is 17.0 Å². The topological polar surface area (TPSA) is 38.2 Å². The van der Waals surface area contributed by atoms with E-state index < -0.39 is 0 Å². The Morgan fingerprint density at radius 3 is 3.07 bits per heavy atom. The first-order valence-corrected chi connectivity index (χ1v) is 5.42. The van der Waals surface area contributed by atoms with Crippen LogP contribution in [0.2, 0.25) is 0 Å². The lowest BCUT2D eigenvalue weighted by Crippen LogP contribution is -2.52. The van der Waals surface area contributed by atoms with E-state index in [9.17, 15) is 0 Å². The average molecular weight is 258 g/mol. The minimum absolute atomic E-state index is 0.363. The SMILES string of the molecule is CCOC1CN(c2ncncc2Br)C1. The molecule has 0 spiro atoms. The van der Waals surface area contributed by atoms with Gasteiger partial charge in [-0.15, -0.1) is 0 Å². The van der Waals surface area contributed by atoms with Crippen LogP contribution in [0.4, 0.5) is 5.82 Å². The number of hydrogen-bond acceptors (Lipinski definition) is 4. The van der Waals surface area contributed by atoms with Crippen molar-refractivity contribution in [2.75, 3.05) is 24.6 Å². The molecule has 0 amide bonds. The van der Waals surface area contributed by atoms with E-state index in [1.165, 1.54) is 0 Å². The monoisotopic (exact) mass is 257 g/mol. The fourth-order valence-corrected chi connectivity index (χ4v) is 1.96. The molecule has 5 heteroatoms. The van der Waals surface area contributed by atoms with Gasteiger partial charge in [0.1, 0.15) is 12.1 Å². The number of ether oxygens (including phenoxy) is 1. The molecule has 2 heterocycles. The zero-order valence-corrected chi connectivity index (χ0v) is 9.57. The smallest absolute Gasteiger partial charge is 0.146 e. The van der Waals surface area contributed by atoms with Gasteiger partial charge >= 0.3 is 0 Å². The summed E-state index contributed by atoms with van der Waals surface area (Å²) in [5, 5.41) is 0. The van der Waals surface area contributed by atoms with Gasteiger partial charge in [0.2, 0.25) is 0 Å². The lowest BCUT2D eigenvalue weighted by molar-refractivity contribution is 0.0426. The maximum atomic E-state index is 5.47. The van der Waals surface area contributed by atoms with E-state index in [1.807, 2.05) is 6.92 Å². The van der Waals surface area contributed by atoms with Crippen molar-refractivity contribution in [2.45, 2.75) is 13.0 Å². The van der Waals surface area contributed by atoms with Crippen LogP contribution in [0.1, 0.15) is 6.92 Å². The van der Waals surface area contributed by atoms with Gasteiger partial charge in [-0.2, -0.15) is 0 Å². The molecule has 0 unspecified atom stereocenters. The van der Waals surface area contributed by atoms with Crippen molar-refractivity contribution in [2.24, 2.45) is 0 Å². The van der Waals surface area contributed by atoms with Gasteiger partial charge in [-0.3, -0.25) is 0 Å². The average Bonchev–Trinajstić information content (AvgIpc) is 2.12. The molecule has 14 heavy (non-hydrogen) atoms. The predicted molar refractivity (Wildman–Crippen MR) is 57.4 cm³/mol. The van der Waals surface area contributed by atoms with Crippen LogP contribution in [0.15, 0.2) is 17.0 Å². The summed E-state index contributed by atoms with van der Waals surface area (Å²) in [6.07, 6.45) is 3.69. The summed E-state index contributed by atoms with van der Waals surface area (Å²) >= 11 is 3.42. The lowest BCUT2D eigenvalue weighted by Gasteiger charge is -2.39. The molecule has 0 saturated carbocycles. The third-order valence-corrected chi connectivity index (χ3v) is 2.76. The molecular formula is C9H12BrN3O. The van der Waals surface area contributed by atoms with Gasteiger partial charge in [0.25, 0.3) is 0 Å². The summed E-state index contributed by atoms with van der Waals surface area (Å²) in [5.41, 5.74) is 0. The number of hydrogen-bond donors (Lipinski definition) is 0. The normalized spacial score (nSPS) is 16.9. The Balaban J connectivity index is 1.96. The Hall–Kier alpha value is -0.680. The molecule has 1 saturated heterocycles. The summed E-state index contributed by atoms with van der Waals surface area (Å²) in [5.74, 6) is 0.955. The number of rotatable bonds is 3. The molecule has 76 valence electrons. The van der Waals surface area contributed by atoms with Crippen LogP contribution in [0.3, 0.4) is 0 Å². The highest BCUT2D eigenvalue weighted by atomic mass is 79.9. The third kappa shape index (κ3) is 1.88.